The first-order valence-electron chi connectivity index (χ1n) is 9.10. The van der Waals surface area contributed by atoms with E-state index in [-0.39, 0.29) is 18.0 Å². The van der Waals surface area contributed by atoms with Gasteiger partial charge in [-0.2, -0.15) is 0 Å². The molecule has 7 heteroatoms. The zero-order chi connectivity index (χ0) is 18.7. The Labute approximate surface area is 157 Å². The largest absolute Gasteiger partial charge is 0.338 e. The maximum atomic E-state index is 12.7. The Bertz CT molecular complexity index is 899. The van der Waals surface area contributed by atoms with Crippen molar-refractivity contribution in [2.75, 3.05) is 5.75 Å². The normalized spacial score (nSPS) is 13.8. The lowest BCUT2D eigenvalue weighted by atomic mass is 10.1. The molecule has 26 heavy (non-hydrogen) atoms. The highest BCUT2D eigenvalue weighted by molar-refractivity contribution is 7.99. The van der Waals surface area contributed by atoms with Gasteiger partial charge in [0.25, 0.3) is 0 Å². The molecular formula is C19H25N5OS. The number of hydrogen-bond donors (Lipinski definition) is 1. The third kappa shape index (κ3) is 3.67. The van der Waals surface area contributed by atoms with Gasteiger partial charge in [0.2, 0.25) is 11.1 Å². The number of thioether (sulfide) groups is 1. The van der Waals surface area contributed by atoms with Crippen molar-refractivity contribution in [2.45, 2.75) is 57.8 Å². The highest BCUT2D eigenvalue weighted by Gasteiger charge is 2.23. The number of rotatable bonds is 7. The van der Waals surface area contributed by atoms with Crippen molar-refractivity contribution in [3.05, 3.63) is 24.3 Å². The Morgan fingerprint density at radius 2 is 1.85 bits per heavy atom. The molecule has 1 aromatic carbocycles. The molecule has 0 radical (unpaired) electrons. The number of nitrogens with one attached hydrogen (secondary N) is 1. The lowest BCUT2D eigenvalue weighted by Gasteiger charge is -2.33. The summed E-state index contributed by atoms with van der Waals surface area (Å²) in [7, 11) is 0. The van der Waals surface area contributed by atoms with Crippen LogP contribution >= 0.6 is 11.8 Å². The van der Waals surface area contributed by atoms with Crippen LogP contribution in [-0.2, 0) is 4.79 Å². The molecule has 0 aliphatic heterocycles. The minimum atomic E-state index is 0.124. The van der Waals surface area contributed by atoms with Gasteiger partial charge in [0.1, 0.15) is 5.52 Å². The van der Waals surface area contributed by atoms with E-state index in [4.69, 9.17) is 0 Å². The van der Waals surface area contributed by atoms with Crippen LogP contribution in [0.4, 0.5) is 0 Å². The molecule has 3 aromatic rings. The van der Waals surface area contributed by atoms with E-state index in [1.165, 1.54) is 11.8 Å². The third-order valence-corrected chi connectivity index (χ3v) is 5.67. The van der Waals surface area contributed by atoms with E-state index in [0.29, 0.717) is 16.6 Å². The summed E-state index contributed by atoms with van der Waals surface area (Å²) in [5.41, 5.74) is 2.45. The van der Waals surface area contributed by atoms with Crippen LogP contribution in [0, 0.1) is 0 Å². The minimum absolute atomic E-state index is 0.124. The lowest BCUT2D eigenvalue weighted by molar-refractivity contribution is -0.132. The molecular weight excluding hydrogens is 346 g/mol. The zero-order valence-electron chi connectivity index (χ0n) is 15.7. The van der Waals surface area contributed by atoms with E-state index in [2.05, 4.69) is 47.9 Å². The first-order valence-corrected chi connectivity index (χ1v) is 10.1. The van der Waals surface area contributed by atoms with E-state index in [0.717, 1.165) is 29.3 Å². The van der Waals surface area contributed by atoms with E-state index < -0.39 is 0 Å². The SMILES string of the molecule is CC[C@@H](C)N(C(=O)CSc1nnc2c(n1)[nH]c1ccccc12)[C@H](C)CC. The summed E-state index contributed by atoms with van der Waals surface area (Å²) in [4.78, 5) is 22.5. The topological polar surface area (TPSA) is 74.8 Å². The number of carbonyl (C=O) groups excluding carboxylic acids is 1. The number of aromatic amines is 1. The molecule has 3 rings (SSSR count). The van der Waals surface area contributed by atoms with Gasteiger partial charge < -0.3 is 9.88 Å². The van der Waals surface area contributed by atoms with Crippen LogP contribution in [0.25, 0.3) is 22.1 Å². The highest BCUT2D eigenvalue weighted by atomic mass is 32.2. The Morgan fingerprint density at radius 1 is 1.15 bits per heavy atom. The van der Waals surface area contributed by atoms with Crippen LogP contribution < -0.4 is 0 Å². The molecule has 2 heterocycles. The predicted molar refractivity (Wildman–Crippen MR) is 106 cm³/mol. The van der Waals surface area contributed by atoms with Gasteiger partial charge in [-0.05, 0) is 32.8 Å². The molecule has 0 fully saturated rings. The van der Waals surface area contributed by atoms with Gasteiger partial charge in [0.05, 0.1) is 5.75 Å². The second kappa shape index (κ2) is 8.03. The van der Waals surface area contributed by atoms with Crippen LogP contribution in [0.15, 0.2) is 29.4 Å². The fourth-order valence-electron chi connectivity index (χ4n) is 3.09. The van der Waals surface area contributed by atoms with Gasteiger partial charge in [-0.1, -0.05) is 43.8 Å². The van der Waals surface area contributed by atoms with Gasteiger partial charge >= 0.3 is 0 Å². The quantitative estimate of drug-likeness (QED) is 0.635. The molecule has 1 amide bonds. The van der Waals surface area contributed by atoms with Gasteiger partial charge in [0.15, 0.2) is 5.65 Å². The number of carbonyl (C=O) groups is 1. The molecule has 2 atom stereocenters. The molecule has 0 spiro atoms. The van der Waals surface area contributed by atoms with E-state index in [1.54, 1.807) is 0 Å². The van der Waals surface area contributed by atoms with E-state index in [9.17, 15) is 4.79 Å². The van der Waals surface area contributed by atoms with Crippen LogP contribution in [0.2, 0.25) is 0 Å². The first-order chi connectivity index (χ1) is 12.5. The number of hydrogen-bond acceptors (Lipinski definition) is 5. The van der Waals surface area contributed by atoms with Crippen LogP contribution in [0.1, 0.15) is 40.5 Å². The second-order valence-corrected chi connectivity index (χ2v) is 7.51. The summed E-state index contributed by atoms with van der Waals surface area (Å²) in [5, 5.41) is 10.0. The molecule has 0 bridgehead atoms. The first kappa shape index (κ1) is 18.6. The van der Waals surface area contributed by atoms with Gasteiger partial charge in [0, 0.05) is 23.0 Å². The van der Waals surface area contributed by atoms with Gasteiger partial charge in [-0.25, -0.2) is 4.98 Å². The molecule has 6 nitrogen and oxygen atoms in total. The van der Waals surface area contributed by atoms with E-state index >= 15 is 0 Å². The maximum Gasteiger partial charge on any atom is 0.233 e. The molecule has 0 aliphatic carbocycles. The Kier molecular flexibility index (Phi) is 5.76. The fraction of sp³-hybridized carbons (Fsp3) is 0.474. The van der Waals surface area contributed by atoms with Crippen molar-refractivity contribution < 1.29 is 4.79 Å². The number of aromatic nitrogens is 4. The highest BCUT2D eigenvalue weighted by Crippen LogP contribution is 2.24. The van der Waals surface area contributed by atoms with Crippen LogP contribution in [-0.4, -0.2) is 48.8 Å². The molecule has 2 aromatic heterocycles. The Hall–Kier alpha value is -2.15. The van der Waals surface area contributed by atoms with Crippen LogP contribution in [0.5, 0.6) is 0 Å². The molecule has 1 N–H and O–H groups in total. The monoisotopic (exact) mass is 371 g/mol. The van der Waals surface area contributed by atoms with Crippen molar-refractivity contribution >= 4 is 39.7 Å². The number of nitrogens with zero attached hydrogens (tertiary/aromatic N) is 4. The molecule has 138 valence electrons. The number of benzene rings is 1. The molecule has 0 unspecified atom stereocenters. The summed E-state index contributed by atoms with van der Waals surface area (Å²) in [5.74, 6) is 0.446. The van der Waals surface area contributed by atoms with Gasteiger partial charge in [-0.15, -0.1) is 10.2 Å². The standard InChI is InChI=1S/C19H25N5OS/c1-5-12(3)24(13(4)6-2)16(25)11-26-19-21-18-17(22-23-19)14-9-7-8-10-15(14)20-18/h7-10,12-13H,5-6,11H2,1-4H3,(H,20,21,23)/t12-,13-/m1/s1. The summed E-state index contributed by atoms with van der Waals surface area (Å²) in [6, 6.07) is 8.39. The van der Waals surface area contributed by atoms with Crippen molar-refractivity contribution in [3.8, 4) is 0 Å². The fourth-order valence-corrected chi connectivity index (χ4v) is 3.74. The smallest absolute Gasteiger partial charge is 0.233 e. The van der Waals surface area contributed by atoms with Crippen LogP contribution in [0.3, 0.4) is 0 Å². The molecule has 0 saturated carbocycles. The minimum Gasteiger partial charge on any atom is -0.338 e. The predicted octanol–water partition coefficient (Wildman–Crippen LogP) is 4.02. The molecule has 0 saturated heterocycles. The van der Waals surface area contributed by atoms with Crippen molar-refractivity contribution in [1.29, 1.82) is 0 Å². The Morgan fingerprint density at radius 3 is 2.54 bits per heavy atom. The van der Waals surface area contributed by atoms with Crippen molar-refractivity contribution in [2.24, 2.45) is 0 Å². The second-order valence-electron chi connectivity index (χ2n) is 6.57. The zero-order valence-corrected chi connectivity index (χ0v) is 16.5. The number of H-pyrrole nitrogens is 1. The van der Waals surface area contributed by atoms with Gasteiger partial charge in [-0.3, -0.25) is 4.79 Å². The average Bonchev–Trinajstić information content (AvgIpc) is 3.03. The van der Waals surface area contributed by atoms with Crippen molar-refractivity contribution in [3.63, 3.8) is 0 Å². The number of amides is 1. The van der Waals surface area contributed by atoms with E-state index in [1.807, 2.05) is 29.2 Å². The number of para-hydroxylation sites is 1. The maximum absolute atomic E-state index is 12.7. The summed E-state index contributed by atoms with van der Waals surface area (Å²) in [6.45, 7) is 8.42. The average molecular weight is 372 g/mol. The third-order valence-electron chi connectivity index (χ3n) is 4.85. The molecule has 0 aliphatic rings. The summed E-state index contributed by atoms with van der Waals surface area (Å²) < 4.78 is 0. The lowest BCUT2D eigenvalue weighted by Crippen LogP contribution is -2.45. The summed E-state index contributed by atoms with van der Waals surface area (Å²) in [6.07, 6.45) is 1.89. The summed E-state index contributed by atoms with van der Waals surface area (Å²) >= 11 is 1.34. The number of fused-ring (bicyclic) bond motifs is 3. The Balaban J connectivity index is 1.76. The van der Waals surface area contributed by atoms with Crippen molar-refractivity contribution in [1.82, 2.24) is 25.1 Å².